The van der Waals surface area contributed by atoms with Crippen LogP contribution in [0.2, 0.25) is 0 Å². The molecule has 0 amide bonds. The molecule has 15 heavy (non-hydrogen) atoms. The molecule has 0 aromatic rings. The van der Waals surface area contributed by atoms with E-state index in [1.807, 2.05) is 6.08 Å². The predicted octanol–water partition coefficient (Wildman–Crippen LogP) is 4.77. The molecule has 0 N–H and O–H groups in total. The van der Waals surface area contributed by atoms with Crippen molar-refractivity contribution in [1.82, 2.24) is 0 Å². The quantitative estimate of drug-likeness (QED) is 0.264. The molecule has 1 nitrogen and oxygen atoms in total. The number of rotatable bonds is 11. The molecule has 0 aliphatic rings. The Morgan fingerprint density at radius 1 is 0.933 bits per heavy atom. The topological polar surface area (TPSA) is 12.4 Å². The van der Waals surface area contributed by atoms with Gasteiger partial charge < -0.3 is 0 Å². The van der Waals surface area contributed by atoms with Crippen LogP contribution in [0.15, 0.2) is 17.6 Å². The Kier molecular flexibility index (Phi) is 12.9. The van der Waals surface area contributed by atoms with Crippen molar-refractivity contribution in [3.8, 4) is 0 Å². The molecule has 0 bridgehead atoms. The van der Waals surface area contributed by atoms with Gasteiger partial charge in [0.1, 0.15) is 0 Å². The third-order valence-corrected chi connectivity index (χ3v) is 2.47. The summed E-state index contributed by atoms with van der Waals surface area (Å²) in [4.78, 5) is 4.31. The summed E-state index contributed by atoms with van der Waals surface area (Å²) in [6.07, 6.45) is 15.8. The first kappa shape index (κ1) is 14.4. The van der Waals surface area contributed by atoms with Crippen molar-refractivity contribution in [2.24, 2.45) is 4.99 Å². The molecule has 0 aromatic carbocycles. The molecular weight excluding hydrogens is 182 g/mol. The van der Waals surface area contributed by atoms with E-state index in [-0.39, 0.29) is 0 Å². The van der Waals surface area contributed by atoms with Crippen LogP contribution in [0.1, 0.15) is 64.7 Å². The average molecular weight is 209 g/mol. The van der Waals surface area contributed by atoms with Gasteiger partial charge in [-0.3, -0.25) is 4.99 Å². The molecular formula is C14H27N. The van der Waals surface area contributed by atoms with Crippen LogP contribution < -0.4 is 0 Å². The maximum atomic E-state index is 4.31. The van der Waals surface area contributed by atoms with E-state index in [1.54, 1.807) is 0 Å². The molecule has 0 atom stereocenters. The summed E-state index contributed by atoms with van der Waals surface area (Å²) in [5.74, 6) is 0. The summed E-state index contributed by atoms with van der Waals surface area (Å²) in [5.41, 5.74) is 0. The maximum absolute atomic E-state index is 4.31. The van der Waals surface area contributed by atoms with Crippen LogP contribution in [-0.4, -0.2) is 12.8 Å². The van der Waals surface area contributed by atoms with Crippen molar-refractivity contribution < 1.29 is 0 Å². The van der Waals surface area contributed by atoms with Gasteiger partial charge in [0.05, 0.1) is 0 Å². The Bertz CT molecular complexity index is 149. The number of unbranched alkanes of at least 4 members (excludes halogenated alkanes) is 7. The fraction of sp³-hybridized carbons (Fsp3) is 0.786. The zero-order chi connectivity index (χ0) is 11.2. The van der Waals surface area contributed by atoms with E-state index < -0.39 is 0 Å². The smallest absolute Gasteiger partial charge is 0.0382 e. The summed E-state index contributed by atoms with van der Waals surface area (Å²) in [7, 11) is 0. The van der Waals surface area contributed by atoms with E-state index in [0.717, 1.165) is 6.54 Å². The zero-order valence-electron chi connectivity index (χ0n) is 10.4. The van der Waals surface area contributed by atoms with Gasteiger partial charge in [-0.05, 0) is 38.3 Å². The summed E-state index contributed by atoms with van der Waals surface area (Å²) < 4.78 is 0. The van der Waals surface area contributed by atoms with Crippen LogP contribution in [0, 0.1) is 0 Å². The van der Waals surface area contributed by atoms with E-state index in [4.69, 9.17) is 0 Å². The normalized spacial score (nSPS) is 11.0. The Morgan fingerprint density at radius 3 is 2.13 bits per heavy atom. The van der Waals surface area contributed by atoms with Crippen LogP contribution in [-0.2, 0) is 0 Å². The van der Waals surface area contributed by atoms with Gasteiger partial charge in [0, 0.05) is 6.54 Å². The number of hydrogen-bond acceptors (Lipinski definition) is 1. The molecule has 0 saturated carbocycles. The van der Waals surface area contributed by atoms with E-state index in [2.05, 4.69) is 24.7 Å². The lowest BCUT2D eigenvalue weighted by atomic mass is 10.1. The highest BCUT2D eigenvalue weighted by atomic mass is 14.7. The first-order valence-electron chi connectivity index (χ1n) is 6.51. The second-order valence-electron chi connectivity index (χ2n) is 4.08. The molecule has 0 heterocycles. The summed E-state index contributed by atoms with van der Waals surface area (Å²) >= 11 is 0. The Labute approximate surface area is 95.7 Å². The van der Waals surface area contributed by atoms with Crippen molar-refractivity contribution in [3.05, 3.63) is 12.7 Å². The fourth-order valence-corrected chi connectivity index (χ4v) is 1.54. The molecule has 1 heteroatoms. The van der Waals surface area contributed by atoms with Gasteiger partial charge in [0.25, 0.3) is 0 Å². The van der Waals surface area contributed by atoms with Gasteiger partial charge in [0.15, 0.2) is 0 Å². The Balaban J connectivity index is 2.95. The minimum Gasteiger partial charge on any atom is -0.298 e. The monoisotopic (exact) mass is 209 g/mol. The number of nitrogens with zero attached hydrogens (tertiary/aromatic N) is 1. The predicted molar refractivity (Wildman–Crippen MR) is 70.8 cm³/mol. The van der Waals surface area contributed by atoms with E-state index >= 15 is 0 Å². The lowest BCUT2D eigenvalue weighted by Gasteiger charge is -1.98. The van der Waals surface area contributed by atoms with Gasteiger partial charge in [0.2, 0.25) is 0 Å². The summed E-state index contributed by atoms with van der Waals surface area (Å²) in [5, 5.41) is 0. The maximum Gasteiger partial charge on any atom is 0.0382 e. The van der Waals surface area contributed by atoms with Crippen LogP contribution in [0.5, 0.6) is 0 Å². The lowest BCUT2D eigenvalue weighted by Crippen LogP contribution is -1.83. The second kappa shape index (κ2) is 13.4. The number of allylic oxidation sites excluding steroid dienone is 1. The van der Waals surface area contributed by atoms with Crippen LogP contribution in [0.25, 0.3) is 0 Å². The van der Waals surface area contributed by atoms with Crippen molar-refractivity contribution in [2.45, 2.75) is 64.7 Å². The van der Waals surface area contributed by atoms with Gasteiger partial charge in [-0.15, -0.1) is 6.58 Å². The third kappa shape index (κ3) is 13.4. The standard InChI is InChI=1S/C14H27N/c1-3-5-6-7-8-9-10-11-12-14-15-13-4-2/h3,14H,1,4-13H2,2H3/b15-14+. The Hall–Kier alpha value is -0.590. The van der Waals surface area contributed by atoms with Crippen LogP contribution >= 0.6 is 0 Å². The molecule has 0 saturated heterocycles. The highest BCUT2D eigenvalue weighted by Crippen LogP contribution is 2.08. The summed E-state index contributed by atoms with van der Waals surface area (Å²) in [6, 6.07) is 0. The van der Waals surface area contributed by atoms with E-state index in [0.29, 0.717) is 0 Å². The molecule has 0 aromatic heterocycles. The largest absolute Gasteiger partial charge is 0.298 e. The molecule has 0 fully saturated rings. The zero-order valence-corrected chi connectivity index (χ0v) is 10.4. The molecule has 0 aliphatic heterocycles. The van der Waals surface area contributed by atoms with E-state index in [1.165, 1.54) is 57.8 Å². The second-order valence-corrected chi connectivity index (χ2v) is 4.08. The molecule has 0 aliphatic carbocycles. The van der Waals surface area contributed by atoms with Crippen molar-refractivity contribution in [3.63, 3.8) is 0 Å². The minimum atomic E-state index is 1.00. The van der Waals surface area contributed by atoms with Crippen LogP contribution in [0.4, 0.5) is 0 Å². The molecule has 0 unspecified atom stereocenters. The highest BCUT2D eigenvalue weighted by molar-refractivity contribution is 5.56. The lowest BCUT2D eigenvalue weighted by molar-refractivity contribution is 0.604. The minimum absolute atomic E-state index is 1.00. The van der Waals surface area contributed by atoms with Crippen molar-refractivity contribution in [2.75, 3.05) is 6.54 Å². The number of hydrogen-bond donors (Lipinski definition) is 0. The number of aliphatic imine (C=N–C) groups is 1. The van der Waals surface area contributed by atoms with Crippen molar-refractivity contribution >= 4 is 6.21 Å². The van der Waals surface area contributed by atoms with Gasteiger partial charge in [-0.1, -0.05) is 38.7 Å². The first-order chi connectivity index (χ1) is 7.41. The van der Waals surface area contributed by atoms with Gasteiger partial charge >= 0.3 is 0 Å². The van der Waals surface area contributed by atoms with E-state index in [9.17, 15) is 0 Å². The molecule has 0 spiro atoms. The molecule has 0 rings (SSSR count). The third-order valence-electron chi connectivity index (χ3n) is 2.47. The van der Waals surface area contributed by atoms with Gasteiger partial charge in [-0.2, -0.15) is 0 Å². The average Bonchev–Trinajstić information content (AvgIpc) is 2.26. The summed E-state index contributed by atoms with van der Waals surface area (Å²) in [6.45, 7) is 6.90. The van der Waals surface area contributed by atoms with Crippen LogP contribution in [0.3, 0.4) is 0 Å². The first-order valence-corrected chi connectivity index (χ1v) is 6.51. The SMILES string of the molecule is C=CCCCCCCCC/C=N/CCC. The Morgan fingerprint density at radius 2 is 1.53 bits per heavy atom. The van der Waals surface area contributed by atoms with Gasteiger partial charge in [-0.25, -0.2) is 0 Å². The van der Waals surface area contributed by atoms with Crippen molar-refractivity contribution in [1.29, 1.82) is 0 Å². The fourth-order valence-electron chi connectivity index (χ4n) is 1.54. The highest BCUT2D eigenvalue weighted by Gasteiger charge is 1.89. The molecule has 88 valence electrons. The molecule has 0 radical (unpaired) electrons.